The first-order valence-corrected chi connectivity index (χ1v) is 10.8. The standard InChI is InChI=1S/C20H28N2O4S2/c1-14-8-10-22(11-9-14)20(27)28-13-18(23)26-15(2)19(24)21-12-16-4-6-17(25-3)7-5-16/h4-7,14-15H,8-13H2,1-3H3,(H,21,24)/t15-/m0/s1. The van der Waals surface area contributed by atoms with Crippen LogP contribution in [0.15, 0.2) is 24.3 Å². The van der Waals surface area contributed by atoms with E-state index < -0.39 is 12.1 Å². The van der Waals surface area contributed by atoms with Crippen molar-refractivity contribution in [3.63, 3.8) is 0 Å². The van der Waals surface area contributed by atoms with Crippen LogP contribution in [0, 0.1) is 5.92 Å². The molecule has 1 heterocycles. The Labute approximate surface area is 176 Å². The van der Waals surface area contributed by atoms with Gasteiger partial charge in [0.1, 0.15) is 10.1 Å². The van der Waals surface area contributed by atoms with Gasteiger partial charge < -0.3 is 19.7 Å². The summed E-state index contributed by atoms with van der Waals surface area (Å²) < 4.78 is 11.0. The van der Waals surface area contributed by atoms with Gasteiger partial charge in [0.15, 0.2) is 6.10 Å². The molecule has 1 saturated heterocycles. The van der Waals surface area contributed by atoms with E-state index in [-0.39, 0.29) is 11.7 Å². The first kappa shape index (κ1) is 22.5. The van der Waals surface area contributed by atoms with E-state index in [4.69, 9.17) is 21.7 Å². The highest BCUT2D eigenvalue weighted by Crippen LogP contribution is 2.20. The van der Waals surface area contributed by atoms with E-state index >= 15 is 0 Å². The van der Waals surface area contributed by atoms with Gasteiger partial charge in [-0.3, -0.25) is 9.59 Å². The number of nitrogens with one attached hydrogen (secondary N) is 1. The second-order valence-electron chi connectivity index (χ2n) is 6.92. The maximum Gasteiger partial charge on any atom is 0.317 e. The SMILES string of the molecule is COc1ccc(CNC(=O)[C@H](C)OC(=O)CSC(=S)N2CCC(C)CC2)cc1. The van der Waals surface area contributed by atoms with Crippen molar-refractivity contribution in [3.8, 4) is 5.75 Å². The molecule has 0 unspecified atom stereocenters. The van der Waals surface area contributed by atoms with E-state index in [2.05, 4.69) is 17.1 Å². The highest BCUT2D eigenvalue weighted by molar-refractivity contribution is 8.23. The summed E-state index contributed by atoms with van der Waals surface area (Å²) >= 11 is 6.70. The molecule has 8 heteroatoms. The second-order valence-corrected chi connectivity index (χ2v) is 8.53. The third-order valence-corrected chi connectivity index (χ3v) is 6.16. The van der Waals surface area contributed by atoms with Crippen molar-refractivity contribution >= 4 is 40.2 Å². The number of benzene rings is 1. The maximum absolute atomic E-state index is 12.1. The number of rotatable bonds is 7. The highest BCUT2D eigenvalue weighted by Gasteiger charge is 2.21. The topological polar surface area (TPSA) is 67.9 Å². The zero-order valence-electron chi connectivity index (χ0n) is 16.6. The fourth-order valence-electron chi connectivity index (χ4n) is 2.76. The molecule has 1 aliphatic heterocycles. The summed E-state index contributed by atoms with van der Waals surface area (Å²) in [4.78, 5) is 26.3. The summed E-state index contributed by atoms with van der Waals surface area (Å²) in [6.45, 7) is 6.04. The smallest absolute Gasteiger partial charge is 0.317 e. The lowest BCUT2D eigenvalue weighted by Gasteiger charge is -2.31. The van der Waals surface area contributed by atoms with Crippen LogP contribution in [0.1, 0.15) is 32.3 Å². The van der Waals surface area contributed by atoms with Gasteiger partial charge in [-0.25, -0.2) is 0 Å². The summed E-state index contributed by atoms with van der Waals surface area (Å²) in [6.07, 6.45) is 1.39. The number of amides is 1. The second kappa shape index (κ2) is 11.3. The Balaban J connectivity index is 1.67. The first-order valence-electron chi connectivity index (χ1n) is 9.41. The number of hydrogen-bond acceptors (Lipinski definition) is 6. The molecule has 0 aromatic heterocycles. The minimum atomic E-state index is -0.851. The van der Waals surface area contributed by atoms with E-state index in [1.807, 2.05) is 24.3 Å². The quantitative estimate of drug-likeness (QED) is 0.533. The Morgan fingerprint density at radius 3 is 2.54 bits per heavy atom. The number of esters is 1. The van der Waals surface area contributed by atoms with E-state index in [1.165, 1.54) is 11.8 Å². The van der Waals surface area contributed by atoms with Crippen molar-refractivity contribution in [3.05, 3.63) is 29.8 Å². The Bertz CT molecular complexity index is 673. The van der Waals surface area contributed by atoms with Crippen molar-refractivity contribution in [1.82, 2.24) is 10.2 Å². The van der Waals surface area contributed by atoms with Crippen LogP contribution in [-0.2, 0) is 20.9 Å². The largest absolute Gasteiger partial charge is 0.497 e. The van der Waals surface area contributed by atoms with Gasteiger partial charge in [-0.2, -0.15) is 0 Å². The number of thioether (sulfide) groups is 1. The van der Waals surface area contributed by atoms with Gasteiger partial charge in [0.2, 0.25) is 0 Å². The molecule has 1 aromatic carbocycles. The molecule has 0 radical (unpaired) electrons. The summed E-state index contributed by atoms with van der Waals surface area (Å²) in [5, 5.41) is 2.76. The number of hydrogen-bond donors (Lipinski definition) is 1. The van der Waals surface area contributed by atoms with Gasteiger partial charge in [-0.1, -0.05) is 43.0 Å². The van der Waals surface area contributed by atoms with E-state index in [1.54, 1.807) is 14.0 Å². The lowest BCUT2D eigenvalue weighted by molar-refractivity contribution is -0.152. The first-order chi connectivity index (χ1) is 13.4. The third-order valence-electron chi connectivity index (χ3n) is 4.66. The Kier molecular flexibility index (Phi) is 9.05. The molecular weight excluding hydrogens is 396 g/mol. The molecule has 1 atom stereocenters. The molecule has 0 bridgehead atoms. The van der Waals surface area contributed by atoms with E-state index in [0.717, 1.165) is 47.5 Å². The fraction of sp³-hybridized carbons (Fsp3) is 0.550. The molecule has 154 valence electrons. The maximum atomic E-state index is 12.1. The molecule has 2 rings (SSSR count). The number of thiocarbonyl (C=S) groups is 1. The normalized spacial score (nSPS) is 15.6. The van der Waals surface area contributed by atoms with Crippen LogP contribution in [-0.4, -0.2) is 53.2 Å². The number of piperidine rings is 1. The minimum absolute atomic E-state index is 0.112. The molecule has 1 amide bonds. The van der Waals surface area contributed by atoms with E-state index in [9.17, 15) is 9.59 Å². The van der Waals surface area contributed by atoms with Gasteiger partial charge in [0, 0.05) is 19.6 Å². The van der Waals surface area contributed by atoms with Crippen LogP contribution in [0.3, 0.4) is 0 Å². The van der Waals surface area contributed by atoms with Gasteiger partial charge in [0.05, 0.1) is 12.9 Å². The van der Waals surface area contributed by atoms with Crippen LogP contribution in [0.5, 0.6) is 5.75 Å². The van der Waals surface area contributed by atoms with Crippen LogP contribution >= 0.6 is 24.0 Å². The molecule has 0 aliphatic carbocycles. The van der Waals surface area contributed by atoms with Crippen molar-refractivity contribution in [2.45, 2.75) is 39.3 Å². The van der Waals surface area contributed by atoms with Crippen molar-refractivity contribution in [2.24, 2.45) is 5.92 Å². The summed E-state index contributed by atoms with van der Waals surface area (Å²) in [5.41, 5.74) is 0.935. The molecule has 1 aromatic rings. The van der Waals surface area contributed by atoms with Crippen molar-refractivity contribution in [1.29, 1.82) is 0 Å². The van der Waals surface area contributed by atoms with Gasteiger partial charge in [0.25, 0.3) is 5.91 Å². The number of carbonyl (C=O) groups excluding carboxylic acids is 2. The predicted octanol–water partition coefficient (Wildman–Crippen LogP) is 2.99. The average Bonchev–Trinajstić information content (AvgIpc) is 2.71. The summed E-state index contributed by atoms with van der Waals surface area (Å²) in [7, 11) is 1.60. The average molecular weight is 425 g/mol. The Morgan fingerprint density at radius 2 is 1.93 bits per heavy atom. The molecule has 0 saturated carbocycles. The lowest BCUT2D eigenvalue weighted by Crippen LogP contribution is -2.37. The molecule has 6 nitrogen and oxygen atoms in total. The predicted molar refractivity (Wildman–Crippen MR) is 115 cm³/mol. The fourth-order valence-corrected chi connectivity index (χ4v) is 3.80. The van der Waals surface area contributed by atoms with Gasteiger partial charge in [-0.05, 0) is 43.4 Å². The van der Waals surface area contributed by atoms with Crippen LogP contribution in [0.4, 0.5) is 0 Å². The van der Waals surface area contributed by atoms with Crippen LogP contribution in [0.2, 0.25) is 0 Å². The number of methoxy groups -OCH3 is 1. The van der Waals surface area contributed by atoms with Gasteiger partial charge in [-0.15, -0.1) is 0 Å². The molecule has 1 N–H and O–H groups in total. The van der Waals surface area contributed by atoms with Crippen LogP contribution < -0.4 is 10.1 Å². The molecule has 1 fully saturated rings. The van der Waals surface area contributed by atoms with Crippen molar-refractivity contribution in [2.75, 3.05) is 26.0 Å². The Hall–Kier alpha value is -1.80. The number of ether oxygens (including phenoxy) is 2. The molecule has 1 aliphatic rings. The minimum Gasteiger partial charge on any atom is -0.497 e. The lowest BCUT2D eigenvalue weighted by atomic mass is 10.00. The summed E-state index contributed by atoms with van der Waals surface area (Å²) in [5.74, 6) is 0.825. The van der Waals surface area contributed by atoms with Crippen molar-refractivity contribution < 1.29 is 19.1 Å². The number of nitrogens with zero attached hydrogens (tertiary/aromatic N) is 1. The molecule has 28 heavy (non-hydrogen) atoms. The van der Waals surface area contributed by atoms with Crippen LogP contribution in [0.25, 0.3) is 0 Å². The third kappa shape index (κ3) is 7.31. The number of carbonyl (C=O) groups is 2. The zero-order valence-corrected chi connectivity index (χ0v) is 18.2. The van der Waals surface area contributed by atoms with Gasteiger partial charge >= 0.3 is 5.97 Å². The molecule has 0 spiro atoms. The highest BCUT2D eigenvalue weighted by atomic mass is 32.2. The van der Waals surface area contributed by atoms with E-state index in [0.29, 0.717) is 6.54 Å². The Morgan fingerprint density at radius 1 is 1.29 bits per heavy atom. The zero-order chi connectivity index (χ0) is 20.5. The molecular formula is C20H28N2O4S2. The summed E-state index contributed by atoms with van der Waals surface area (Å²) in [6, 6.07) is 7.39. The monoisotopic (exact) mass is 424 g/mol. The number of likely N-dealkylation sites (tertiary alicyclic amines) is 1.